The molecule has 1 aromatic rings. The molecule has 3 N–H and O–H groups in total. The normalized spacial score (nSPS) is 14.6. The summed E-state index contributed by atoms with van der Waals surface area (Å²) in [6.45, 7) is 1.65. The number of benzene rings is 1. The third-order valence-corrected chi connectivity index (χ3v) is 6.23. The van der Waals surface area contributed by atoms with Crippen LogP contribution in [0.25, 0.3) is 0 Å². The van der Waals surface area contributed by atoms with Gasteiger partial charge in [0.1, 0.15) is 0 Å². The number of nitrogens with two attached hydrogens (primary N) is 1. The Bertz CT molecular complexity index is 619. The maximum Gasteiger partial charge on any atom is 0.417 e. The van der Waals surface area contributed by atoms with E-state index in [1.54, 1.807) is 6.07 Å². The smallest absolute Gasteiger partial charge is 0.394 e. The van der Waals surface area contributed by atoms with Crippen molar-refractivity contribution < 1.29 is 27.4 Å². The molecule has 0 spiro atoms. The number of aryl methyl sites for hydroxylation is 1. The second kappa shape index (κ2) is 13.7. The van der Waals surface area contributed by atoms with E-state index in [-0.39, 0.29) is 24.3 Å². The van der Waals surface area contributed by atoms with Crippen molar-refractivity contribution in [3.63, 3.8) is 0 Å². The summed E-state index contributed by atoms with van der Waals surface area (Å²) in [7, 11) is -1.45. The largest absolute Gasteiger partial charge is 0.417 e. The first-order valence-electron chi connectivity index (χ1n) is 10.0. The van der Waals surface area contributed by atoms with Crippen molar-refractivity contribution in [3.8, 4) is 0 Å². The van der Waals surface area contributed by atoms with Gasteiger partial charge in [-0.3, -0.25) is 4.57 Å². The first kappa shape index (κ1) is 26.5. The molecule has 0 heterocycles. The first-order chi connectivity index (χ1) is 13.8. The molecule has 2 atom stereocenters. The number of halogens is 3. The highest BCUT2D eigenvalue weighted by atomic mass is 32.2. The van der Waals surface area contributed by atoms with Crippen molar-refractivity contribution in [1.82, 2.24) is 0 Å². The molecule has 2 unspecified atom stereocenters. The fourth-order valence-electron chi connectivity index (χ4n) is 2.93. The Hall–Kier alpha value is -0.530. The van der Waals surface area contributed by atoms with Gasteiger partial charge in [0, 0.05) is 4.90 Å². The highest BCUT2D eigenvalue weighted by molar-refractivity contribution is 7.99. The van der Waals surface area contributed by atoms with Gasteiger partial charge in [0.2, 0.25) is 0 Å². The SMILES string of the molecule is CCCCCCCCSc1ccc(CCC(N)(CO)CO[PH2]=O)cc1C(F)(F)F. The summed E-state index contributed by atoms with van der Waals surface area (Å²) in [5.74, 6) is 0.667. The van der Waals surface area contributed by atoms with E-state index >= 15 is 0 Å². The zero-order valence-electron chi connectivity index (χ0n) is 17.0. The monoisotopic (exact) mass is 455 g/mol. The van der Waals surface area contributed by atoms with E-state index in [1.807, 2.05) is 0 Å². The molecule has 0 aliphatic heterocycles. The molecule has 0 aromatic heterocycles. The molecule has 0 aliphatic rings. The molecule has 0 bridgehead atoms. The molecule has 9 heteroatoms. The summed E-state index contributed by atoms with van der Waals surface area (Å²) in [6.07, 6.45) is 2.70. The minimum absolute atomic E-state index is 0.0966. The minimum atomic E-state index is -4.43. The number of unbranched alkanes of at least 4 members (excludes halogenated alkanes) is 5. The van der Waals surface area contributed by atoms with Crippen LogP contribution < -0.4 is 5.73 Å². The van der Waals surface area contributed by atoms with Crippen molar-refractivity contribution in [2.45, 2.75) is 74.9 Å². The molecule has 1 rings (SSSR count). The lowest BCUT2D eigenvalue weighted by atomic mass is 9.93. The maximum absolute atomic E-state index is 13.5. The predicted molar refractivity (Wildman–Crippen MR) is 114 cm³/mol. The summed E-state index contributed by atoms with van der Waals surface area (Å²) in [5, 5.41) is 9.43. The average Bonchev–Trinajstić information content (AvgIpc) is 2.70. The summed E-state index contributed by atoms with van der Waals surface area (Å²) in [5.41, 5.74) is 4.73. The second-order valence-electron chi connectivity index (χ2n) is 7.37. The van der Waals surface area contributed by atoms with Crippen LogP contribution in [-0.2, 0) is 21.7 Å². The van der Waals surface area contributed by atoms with Gasteiger partial charge in [0.05, 0.1) is 24.3 Å². The summed E-state index contributed by atoms with van der Waals surface area (Å²) in [6, 6.07) is 4.37. The van der Waals surface area contributed by atoms with E-state index in [9.17, 15) is 22.8 Å². The Morgan fingerprint density at radius 1 is 1.17 bits per heavy atom. The zero-order chi connectivity index (χ0) is 21.8. The number of alkyl halides is 3. The van der Waals surface area contributed by atoms with E-state index in [0.29, 0.717) is 11.3 Å². The standard InChI is InChI=1S/C20H33F3NO3PS/c1-2-3-4-5-6-7-12-29-18-9-8-16(13-17(18)20(21,22)23)10-11-19(24,14-25)15-27-28-26/h8-9,13,25H,2-7,10-12,14-15,24,28H2,1H3. The van der Waals surface area contributed by atoms with Crippen molar-refractivity contribution in [2.24, 2.45) is 5.73 Å². The number of thioether (sulfide) groups is 1. The molecule has 0 fully saturated rings. The molecule has 1 aromatic carbocycles. The van der Waals surface area contributed by atoms with Gasteiger partial charge in [-0.05, 0) is 42.7 Å². The van der Waals surface area contributed by atoms with Crippen molar-refractivity contribution in [2.75, 3.05) is 19.0 Å². The summed E-state index contributed by atoms with van der Waals surface area (Å²) < 4.78 is 55.9. The number of hydrogen-bond acceptors (Lipinski definition) is 5. The van der Waals surface area contributed by atoms with Crippen LogP contribution in [0.2, 0.25) is 0 Å². The molecule has 0 radical (unpaired) electrons. The van der Waals surface area contributed by atoms with Gasteiger partial charge in [-0.1, -0.05) is 45.1 Å². The lowest BCUT2D eigenvalue weighted by molar-refractivity contribution is -0.139. The summed E-state index contributed by atoms with van der Waals surface area (Å²) >= 11 is 1.25. The van der Waals surface area contributed by atoms with Crippen LogP contribution in [0, 0.1) is 0 Å². The van der Waals surface area contributed by atoms with Crippen LogP contribution in [-0.4, -0.2) is 29.6 Å². The first-order valence-corrected chi connectivity index (χ1v) is 12.0. The van der Waals surface area contributed by atoms with Gasteiger partial charge in [-0.25, -0.2) is 0 Å². The number of aliphatic hydroxyl groups excluding tert-OH is 1. The quantitative estimate of drug-likeness (QED) is 0.209. The third-order valence-electron chi connectivity index (χ3n) is 4.77. The second-order valence-corrected chi connectivity index (χ2v) is 9.03. The van der Waals surface area contributed by atoms with E-state index in [0.717, 1.165) is 19.3 Å². The Morgan fingerprint density at radius 3 is 2.48 bits per heavy atom. The van der Waals surface area contributed by atoms with Gasteiger partial charge >= 0.3 is 6.18 Å². The lowest BCUT2D eigenvalue weighted by Gasteiger charge is -2.26. The Labute approximate surface area is 177 Å². The van der Waals surface area contributed by atoms with E-state index in [4.69, 9.17) is 10.3 Å². The molecule has 0 saturated carbocycles. The van der Waals surface area contributed by atoms with Gasteiger partial charge in [0.15, 0.2) is 8.69 Å². The summed E-state index contributed by atoms with van der Waals surface area (Å²) in [4.78, 5) is 0.245. The Balaban J connectivity index is 2.70. The van der Waals surface area contributed by atoms with Crippen molar-refractivity contribution in [3.05, 3.63) is 29.3 Å². The van der Waals surface area contributed by atoms with Crippen LogP contribution in [0.4, 0.5) is 13.2 Å². The van der Waals surface area contributed by atoms with E-state index in [1.165, 1.54) is 43.2 Å². The number of rotatable bonds is 15. The minimum Gasteiger partial charge on any atom is -0.394 e. The molecule has 168 valence electrons. The van der Waals surface area contributed by atoms with Gasteiger partial charge < -0.3 is 15.4 Å². The van der Waals surface area contributed by atoms with Gasteiger partial charge in [-0.2, -0.15) is 13.2 Å². The molecule has 0 saturated heterocycles. The topological polar surface area (TPSA) is 72.6 Å². The lowest BCUT2D eigenvalue weighted by Crippen LogP contribution is -2.47. The average molecular weight is 456 g/mol. The van der Waals surface area contributed by atoms with Crippen LogP contribution in [0.15, 0.2) is 23.1 Å². The number of hydrogen-bond donors (Lipinski definition) is 2. The van der Waals surface area contributed by atoms with Crippen LogP contribution in [0.1, 0.15) is 63.0 Å². The molecular weight excluding hydrogens is 422 g/mol. The Kier molecular flexibility index (Phi) is 12.5. The predicted octanol–water partition coefficient (Wildman–Crippen LogP) is 5.47. The van der Waals surface area contributed by atoms with Gasteiger partial charge in [0.25, 0.3) is 0 Å². The molecular formula is C20H33F3NO3PS. The third kappa shape index (κ3) is 10.4. The van der Waals surface area contributed by atoms with E-state index in [2.05, 4.69) is 6.92 Å². The van der Waals surface area contributed by atoms with Crippen LogP contribution in [0.5, 0.6) is 0 Å². The molecule has 29 heavy (non-hydrogen) atoms. The van der Waals surface area contributed by atoms with Crippen LogP contribution in [0.3, 0.4) is 0 Å². The molecule has 0 aliphatic carbocycles. The Morgan fingerprint density at radius 2 is 1.86 bits per heavy atom. The highest BCUT2D eigenvalue weighted by Crippen LogP contribution is 2.38. The maximum atomic E-state index is 13.5. The van der Waals surface area contributed by atoms with E-state index < -0.39 is 32.6 Å². The fraction of sp³-hybridized carbons (Fsp3) is 0.700. The molecule has 0 amide bonds. The highest BCUT2D eigenvalue weighted by Gasteiger charge is 2.34. The molecule has 4 nitrogen and oxygen atoms in total. The fourth-order valence-corrected chi connectivity index (χ4v) is 4.40. The van der Waals surface area contributed by atoms with Crippen molar-refractivity contribution >= 4 is 20.4 Å². The number of aliphatic hydroxyl groups is 1. The van der Waals surface area contributed by atoms with Gasteiger partial charge in [-0.15, -0.1) is 11.8 Å². The zero-order valence-corrected chi connectivity index (χ0v) is 18.9. The van der Waals surface area contributed by atoms with Crippen molar-refractivity contribution in [1.29, 1.82) is 0 Å². The van der Waals surface area contributed by atoms with Crippen LogP contribution >= 0.6 is 20.4 Å².